The number of unbranched alkanes of at least 4 members (excludes halogenated alkanes) is 1. The van der Waals surface area contributed by atoms with Gasteiger partial charge in [0.1, 0.15) is 18.1 Å². The predicted molar refractivity (Wildman–Crippen MR) is 112 cm³/mol. The number of hydrogen-bond acceptors (Lipinski definition) is 9. The minimum absolute atomic E-state index is 0.0321. The van der Waals surface area contributed by atoms with E-state index in [4.69, 9.17) is 26.8 Å². The lowest BCUT2D eigenvalue weighted by atomic mass is 10.1. The molecular formula is C17H31N5O8S. The van der Waals surface area contributed by atoms with E-state index in [9.17, 15) is 24.0 Å². The van der Waals surface area contributed by atoms with Crippen molar-refractivity contribution in [1.29, 1.82) is 0 Å². The molecule has 0 aliphatic carbocycles. The molecule has 0 aromatic rings. The number of nitrogens with two attached hydrogens (primary N) is 2. The number of aliphatic hydroxyl groups is 1. The van der Waals surface area contributed by atoms with Gasteiger partial charge in [0.2, 0.25) is 17.7 Å². The fourth-order valence-corrected chi connectivity index (χ4v) is 2.56. The number of rotatable bonds is 16. The zero-order valence-electron chi connectivity index (χ0n) is 17.0. The van der Waals surface area contributed by atoms with E-state index in [0.29, 0.717) is 19.4 Å². The van der Waals surface area contributed by atoms with Gasteiger partial charge >= 0.3 is 11.9 Å². The summed E-state index contributed by atoms with van der Waals surface area (Å²) in [6, 6.07) is -5.10. The first-order valence-electron chi connectivity index (χ1n) is 9.60. The number of aliphatic carboxylic acids is 2. The van der Waals surface area contributed by atoms with E-state index in [0.717, 1.165) is 0 Å². The van der Waals surface area contributed by atoms with Gasteiger partial charge in [0.25, 0.3) is 0 Å². The lowest BCUT2D eigenvalue weighted by Gasteiger charge is -2.24. The highest BCUT2D eigenvalue weighted by Crippen LogP contribution is 2.05. The third-order valence-corrected chi connectivity index (χ3v) is 4.58. The molecule has 4 atom stereocenters. The Morgan fingerprint density at radius 2 is 1.35 bits per heavy atom. The number of nitrogens with one attached hydrogen (secondary N) is 3. The van der Waals surface area contributed by atoms with Crippen LogP contribution in [0.1, 0.15) is 32.1 Å². The molecular weight excluding hydrogens is 434 g/mol. The van der Waals surface area contributed by atoms with Gasteiger partial charge in [-0.25, -0.2) is 4.79 Å². The molecule has 4 unspecified atom stereocenters. The van der Waals surface area contributed by atoms with Gasteiger partial charge in [0.05, 0.1) is 12.6 Å². The molecule has 0 bridgehead atoms. The van der Waals surface area contributed by atoms with Crippen molar-refractivity contribution < 1.29 is 39.3 Å². The summed E-state index contributed by atoms with van der Waals surface area (Å²) in [5.41, 5.74) is 11.0. The SMILES string of the molecule is NCCCCC(NC(=O)C(N)CS)C(=O)NC(CCC(=O)O)C(=O)NC(CO)C(=O)O. The van der Waals surface area contributed by atoms with Crippen molar-refractivity contribution in [1.82, 2.24) is 16.0 Å². The highest BCUT2D eigenvalue weighted by molar-refractivity contribution is 7.80. The van der Waals surface area contributed by atoms with Gasteiger partial charge in [0, 0.05) is 12.2 Å². The summed E-state index contributed by atoms with van der Waals surface area (Å²) in [5, 5.41) is 33.7. The Morgan fingerprint density at radius 3 is 1.81 bits per heavy atom. The molecule has 0 rings (SSSR count). The van der Waals surface area contributed by atoms with Crippen LogP contribution in [-0.2, 0) is 24.0 Å². The van der Waals surface area contributed by atoms with E-state index >= 15 is 0 Å². The Bertz CT molecular complexity index is 636. The molecule has 13 nitrogen and oxygen atoms in total. The van der Waals surface area contributed by atoms with Crippen LogP contribution in [-0.4, -0.2) is 88.1 Å². The maximum Gasteiger partial charge on any atom is 0.328 e. The first kappa shape index (κ1) is 28.6. The van der Waals surface area contributed by atoms with E-state index in [1.807, 2.05) is 5.32 Å². The van der Waals surface area contributed by atoms with Crippen LogP contribution in [0.3, 0.4) is 0 Å². The quantitative estimate of drug-likeness (QED) is 0.0816. The Balaban J connectivity index is 5.41. The van der Waals surface area contributed by atoms with Crippen molar-refractivity contribution >= 4 is 42.3 Å². The fraction of sp³-hybridized carbons (Fsp3) is 0.706. The number of carboxylic acids is 2. The number of hydrogen-bond donors (Lipinski definition) is 9. The van der Waals surface area contributed by atoms with Crippen molar-refractivity contribution in [2.24, 2.45) is 11.5 Å². The monoisotopic (exact) mass is 465 g/mol. The van der Waals surface area contributed by atoms with Crippen molar-refractivity contribution in [3.63, 3.8) is 0 Å². The number of carbonyl (C=O) groups excluding carboxylic acids is 3. The van der Waals surface area contributed by atoms with Crippen molar-refractivity contribution in [2.75, 3.05) is 18.9 Å². The van der Waals surface area contributed by atoms with Gasteiger partial charge in [0.15, 0.2) is 0 Å². The highest BCUT2D eigenvalue weighted by Gasteiger charge is 2.30. The molecule has 31 heavy (non-hydrogen) atoms. The van der Waals surface area contributed by atoms with E-state index < -0.39 is 66.9 Å². The minimum atomic E-state index is -1.63. The Hall–Kier alpha value is -2.42. The smallest absolute Gasteiger partial charge is 0.328 e. The number of thiol groups is 1. The molecule has 0 fully saturated rings. The lowest BCUT2D eigenvalue weighted by Crippen LogP contribution is -2.57. The van der Waals surface area contributed by atoms with Crippen LogP contribution in [0.2, 0.25) is 0 Å². The van der Waals surface area contributed by atoms with E-state index in [-0.39, 0.29) is 18.6 Å². The molecule has 10 N–H and O–H groups in total. The van der Waals surface area contributed by atoms with Crippen LogP contribution in [0.25, 0.3) is 0 Å². The Morgan fingerprint density at radius 1 is 0.839 bits per heavy atom. The zero-order chi connectivity index (χ0) is 24.0. The van der Waals surface area contributed by atoms with Crippen LogP contribution < -0.4 is 27.4 Å². The lowest BCUT2D eigenvalue weighted by molar-refractivity contribution is -0.144. The first-order valence-corrected chi connectivity index (χ1v) is 10.2. The Labute approximate surface area is 184 Å². The summed E-state index contributed by atoms with van der Waals surface area (Å²) in [6.07, 6.45) is 0.380. The second-order valence-corrected chi connectivity index (χ2v) is 7.08. The topological polar surface area (TPSA) is 234 Å². The number of aliphatic hydroxyl groups excluding tert-OH is 1. The molecule has 0 saturated heterocycles. The van der Waals surface area contributed by atoms with Crippen LogP contribution in [0.15, 0.2) is 0 Å². The van der Waals surface area contributed by atoms with Crippen LogP contribution >= 0.6 is 12.6 Å². The van der Waals surface area contributed by atoms with Crippen LogP contribution in [0, 0.1) is 0 Å². The molecule has 0 aromatic heterocycles. The molecule has 14 heteroatoms. The standard InChI is InChI=1S/C17H31N5O8S/c18-6-2-1-3-10(20-14(26)9(19)8-31)15(27)21-11(4-5-13(24)25)16(28)22-12(7-23)17(29)30/h9-12,23,31H,1-8,18-19H2,(H,20,26)(H,21,27)(H,22,28)(H,24,25)(H,29,30). The summed E-state index contributed by atoms with van der Waals surface area (Å²) in [7, 11) is 0. The molecule has 3 amide bonds. The number of carbonyl (C=O) groups is 5. The Kier molecular flexibility index (Phi) is 14.2. The van der Waals surface area contributed by atoms with Gasteiger partial charge in [-0.2, -0.15) is 12.6 Å². The largest absolute Gasteiger partial charge is 0.481 e. The number of amides is 3. The van der Waals surface area contributed by atoms with Gasteiger partial charge in [-0.3, -0.25) is 19.2 Å². The highest BCUT2D eigenvalue weighted by atomic mass is 32.1. The molecule has 0 aliphatic heterocycles. The second kappa shape index (κ2) is 15.4. The average Bonchev–Trinajstić information content (AvgIpc) is 2.72. The summed E-state index contributed by atoms with van der Waals surface area (Å²) in [6.45, 7) is -0.542. The van der Waals surface area contributed by atoms with Gasteiger partial charge < -0.3 is 42.7 Å². The summed E-state index contributed by atoms with van der Waals surface area (Å²) in [5.74, 6) is -5.12. The molecule has 0 heterocycles. The minimum Gasteiger partial charge on any atom is -0.481 e. The summed E-state index contributed by atoms with van der Waals surface area (Å²) in [4.78, 5) is 59.1. The average molecular weight is 466 g/mol. The molecule has 178 valence electrons. The van der Waals surface area contributed by atoms with Crippen molar-refractivity contribution in [3.8, 4) is 0 Å². The normalized spacial score (nSPS) is 14.6. The molecule has 0 aliphatic rings. The van der Waals surface area contributed by atoms with E-state index in [2.05, 4.69) is 23.3 Å². The van der Waals surface area contributed by atoms with Gasteiger partial charge in [-0.15, -0.1) is 0 Å². The zero-order valence-corrected chi connectivity index (χ0v) is 17.8. The third-order valence-electron chi connectivity index (χ3n) is 4.19. The summed E-state index contributed by atoms with van der Waals surface area (Å²) >= 11 is 3.92. The maximum absolute atomic E-state index is 12.7. The van der Waals surface area contributed by atoms with E-state index in [1.54, 1.807) is 0 Å². The van der Waals surface area contributed by atoms with Crippen LogP contribution in [0.5, 0.6) is 0 Å². The van der Waals surface area contributed by atoms with E-state index in [1.165, 1.54) is 0 Å². The number of carboxylic acid groups (broad SMARTS) is 2. The summed E-state index contributed by atoms with van der Waals surface area (Å²) < 4.78 is 0. The van der Waals surface area contributed by atoms with Crippen molar-refractivity contribution in [2.45, 2.75) is 56.3 Å². The first-order chi connectivity index (χ1) is 14.6. The van der Waals surface area contributed by atoms with Crippen LogP contribution in [0.4, 0.5) is 0 Å². The molecule has 0 radical (unpaired) electrons. The maximum atomic E-state index is 12.7. The predicted octanol–water partition coefficient (Wildman–Crippen LogP) is -3.23. The van der Waals surface area contributed by atoms with Gasteiger partial charge in [-0.1, -0.05) is 0 Å². The third kappa shape index (κ3) is 11.5. The fourth-order valence-electron chi connectivity index (χ4n) is 2.39. The molecule has 0 saturated carbocycles. The van der Waals surface area contributed by atoms with Crippen molar-refractivity contribution in [3.05, 3.63) is 0 Å². The molecule has 0 aromatic carbocycles. The second-order valence-electron chi connectivity index (χ2n) is 6.71. The van der Waals surface area contributed by atoms with Gasteiger partial charge in [-0.05, 0) is 32.2 Å². The molecule has 0 spiro atoms.